The number of carbonyl (C=O) groups is 1. The molecule has 0 radical (unpaired) electrons. The van der Waals surface area contributed by atoms with Gasteiger partial charge in [-0.1, -0.05) is 6.07 Å². The van der Waals surface area contributed by atoms with E-state index >= 15 is 0 Å². The van der Waals surface area contributed by atoms with Crippen LogP contribution >= 0.6 is 11.8 Å². The van der Waals surface area contributed by atoms with Crippen LogP contribution in [0.2, 0.25) is 0 Å². The molecule has 3 rings (SSSR count). The van der Waals surface area contributed by atoms with E-state index in [0.29, 0.717) is 17.3 Å². The maximum Gasteiger partial charge on any atom is 0.286 e. The van der Waals surface area contributed by atoms with E-state index in [1.165, 1.54) is 11.8 Å². The van der Waals surface area contributed by atoms with Gasteiger partial charge in [0.2, 0.25) is 0 Å². The second kappa shape index (κ2) is 6.44. The van der Waals surface area contributed by atoms with Crippen LogP contribution in [0, 0.1) is 0 Å². The van der Waals surface area contributed by atoms with E-state index < -0.39 is 0 Å². The maximum absolute atomic E-state index is 12.0. The fourth-order valence-electron chi connectivity index (χ4n) is 2.48. The highest BCUT2D eigenvalue weighted by atomic mass is 32.2. The smallest absolute Gasteiger partial charge is 0.286 e. The molecule has 0 unspecified atom stereocenters. The van der Waals surface area contributed by atoms with Crippen molar-refractivity contribution >= 4 is 28.9 Å². The lowest BCUT2D eigenvalue weighted by atomic mass is 10.2. The molecule has 1 aromatic rings. The van der Waals surface area contributed by atoms with Crippen molar-refractivity contribution in [3.8, 4) is 11.5 Å². The van der Waals surface area contributed by atoms with Crippen molar-refractivity contribution in [1.82, 2.24) is 4.90 Å². The molecule has 2 aliphatic rings. The Morgan fingerprint density at radius 1 is 1.41 bits per heavy atom. The van der Waals surface area contributed by atoms with Gasteiger partial charge in [0, 0.05) is 13.1 Å². The molecule has 1 saturated heterocycles. The first-order valence-electron chi connectivity index (χ1n) is 7.40. The number of carbonyl (C=O) groups excluding carboxylic acids is 1. The summed E-state index contributed by atoms with van der Waals surface area (Å²) in [5.74, 6) is 0.328. The number of thioether (sulfide) groups is 1. The predicted molar refractivity (Wildman–Crippen MR) is 88.1 cm³/mol. The van der Waals surface area contributed by atoms with Gasteiger partial charge in [-0.3, -0.25) is 4.79 Å². The number of aromatic hydroxyl groups is 1. The average molecular weight is 318 g/mol. The lowest BCUT2D eigenvalue weighted by molar-refractivity contribution is -0.113. The molecule has 0 spiro atoms. The van der Waals surface area contributed by atoms with Gasteiger partial charge in [0.25, 0.3) is 5.91 Å². The Bertz CT molecular complexity index is 649. The Morgan fingerprint density at radius 3 is 2.91 bits per heavy atom. The van der Waals surface area contributed by atoms with Crippen LogP contribution in [0.5, 0.6) is 11.5 Å². The number of ether oxygens (including phenoxy) is 1. The third-order valence-corrected chi connectivity index (χ3v) is 4.61. The summed E-state index contributed by atoms with van der Waals surface area (Å²) in [5, 5.41) is 10.5. The predicted octanol–water partition coefficient (Wildman–Crippen LogP) is 2.86. The Kier molecular flexibility index (Phi) is 4.38. The summed E-state index contributed by atoms with van der Waals surface area (Å²) < 4.78 is 5.36. The first-order valence-corrected chi connectivity index (χ1v) is 8.22. The minimum atomic E-state index is -0.196. The van der Waals surface area contributed by atoms with Gasteiger partial charge in [0.1, 0.15) is 0 Å². The molecule has 116 valence electrons. The molecule has 1 fully saturated rings. The highest BCUT2D eigenvalue weighted by molar-refractivity contribution is 8.18. The summed E-state index contributed by atoms with van der Waals surface area (Å²) in [6, 6.07) is 5.06. The summed E-state index contributed by atoms with van der Waals surface area (Å²) in [6.07, 6.45) is 4.10. The van der Waals surface area contributed by atoms with Gasteiger partial charge in [-0.05, 0) is 55.3 Å². The van der Waals surface area contributed by atoms with Crippen molar-refractivity contribution in [3.05, 3.63) is 28.7 Å². The van der Waals surface area contributed by atoms with Crippen molar-refractivity contribution in [1.29, 1.82) is 0 Å². The van der Waals surface area contributed by atoms with Gasteiger partial charge in [-0.2, -0.15) is 4.99 Å². The molecule has 0 aliphatic carbocycles. The SMILES string of the molecule is CCOc1cc(/C=C2\SC(N3CCCC3)=NC2=O)ccc1O. The molecule has 22 heavy (non-hydrogen) atoms. The Labute approximate surface area is 133 Å². The van der Waals surface area contributed by atoms with Crippen molar-refractivity contribution in [3.63, 3.8) is 0 Å². The first kappa shape index (κ1) is 15.0. The summed E-state index contributed by atoms with van der Waals surface area (Å²) in [6.45, 7) is 4.28. The quantitative estimate of drug-likeness (QED) is 0.868. The highest BCUT2D eigenvalue weighted by Crippen LogP contribution is 2.33. The average Bonchev–Trinajstić information content (AvgIpc) is 3.13. The monoisotopic (exact) mass is 318 g/mol. The molecular weight excluding hydrogens is 300 g/mol. The van der Waals surface area contributed by atoms with Crippen LogP contribution < -0.4 is 4.74 Å². The normalized spacial score (nSPS) is 19.9. The zero-order valence-electron chi connectivity index (χ0n) is 12.4. The number of amides is 1. The van der Waals surface area contributed by atoms with Crippen LogP contribution in [0.15, 0.2) is 28.1 Å². The Balaban J connectivity index is 1.78. The molecule has 1 amide bonds. The molecule has 6 heteroatoms. The topological polar surface area (TPSA) is 62.1 Å². The van der Waals surface area contributed by atoms with Crippen molar-refractivity contribution < 1.29 is 14.6 Å². The Hall–Kier alpha value is -1.95. The standard InChI is InChI=1S/C16H18N2O3S/c1-2-21-13-9-11(5-6-12(13)19)10-14-15(20)17-16(22-14)18-7-3-4-8-18/h5-6,9-10,19H,2-4,7-8H2,1H3/b14-10-. The summed E-state index contributed by atoms with van der Waals surface area (Å²) in [7, 11) is 0. The minimum Gasteiger partial charge on any atom is -0.504 e. The number of amidine groups is 1. The third-order valence-electron chi connectivity index (χ3n) is 3.57. The molecule has 2 aliphatic heterocycles. The van der Waals surface area contributed by atoms with Crippen LogP contribution in [0.25, 0.3) is 6.08 Å². The fraction of sp³-hybridized carbons (Fsp3) is 0.375. The molecule has 2 heterocycles. The largest absolute Gasteiger partial charge is 0.504 e. The third kappa shape index (κ3) is 3.11. The lowest BCUT2D eigenvalue weighted by Gasteiger charge is -2.14. The number of aliphatic imine (C=N–C) groups is 1. The van der Waals surface area contributed by atoms with E-state index in [2.05, 4.69) is 9.89 Å². The van der Waals surface area contributed by atoms with Crippen LogP contribution in [0.1, 0.15) is 25.3 Å². The van der Waals surface area contributed by atoms with Crippen LogP contribution in [-0.4, -0.2) is 40.8 Å². The molecule has 0 bridgehead atoms. The highest BCUT2D eigenvalue weighted by Gasteiger charge is 2.27. The van der Waals surface area contributed by atoms with Crippen LogP contribution in [0.4, 0.5) is 0 Å². The van der Waals surface area contributed by atoms with Gasteiger partial charge in [0.15, 0.2) is 16.7 Å². The molecule has 1 N–H and O–H groups in total. The van der Waals surface area contributed by atoms with E-state index in [-0.39, 0.29) is 11.7 Å². The number of likely N-dealkylation sites (tertiary alicyclic amines) is 1. The number of phenols is 1. The lowest BCUT2D eigenvalue weighted by Crippen LogP contribution is -2.23. The van der Waals surface area contributed by atoms with Crippen molar-refractivity contribution in [2.24, 2.45) is 4.99 Å². The molecule has 0 saturated carbocycles. The molecule has 5 nitrogen and oxygen atoms in total. The zero-order chi connectivity index (χ0) is 15.5. The first-order chi connectivity index (χ1) is 10.7. The maximum atomic E-state index is 12.0. The second-order valence-corrected chi connectivity index (χ2v) is 6.17. The minimum absolute atomic E-state index is 0.100. The fourth-order valence-corrected chi connectivity index (χ4v) is 3.45. The number of nitrogens with zero attached hydrogens (tertiary/aromatic N) is 2. The number of hydrogen-bond acceptors (Lipinski definition) is 5. The number of rotatable bonds is 3. The zero-order valence-corrected chi connectivity index (χ0v) is 13.2. The molecular formula is C16H18N2O3S. The molecule has 0 atom stereocenters. The van der Waals surface area contributed by atoms with Crippen molar-refractivity contribution in [2.45, 2.75) is 19.8 Å². The van der Waals surface area contributed by atoms with E-state index in [4.69, 9.17) is 4.74 Å². The number of hydrogen-bond donors (Lipinski definition) is 1. The van der Waals surface area contributed by atoms with Gasteiger partial charge in [-0.25, -0.2) is 0 Å². The van der Waals surface area contributed by atoms with Gasteiger partial charge in [-0.15, -0.1) is 0 Å². The van der Waals surface area contributed by atoms with Gasteiger partial charge >= 0.3 is 0 Å². The molecule has 0 aromatic heterocycles. The Morgan fingerprint density at radius 2 is 2.18 bits per heavy atom. The van der Waals surface area contributed by atoms with Gasteiger partial charge < -0.3 is 14.7 Å². The summed E-state index contributed by atoms with van der Waals surface area (Å²) in [5.41, 5.74) is 0.815. The number of phenolic OH excluding ortho intramolecular Hbond substituents is 1. The van der Waals surface area contributed by atoms with Crippen molar-refractivity contribution in [2.75, 3.05) is 19.7 Å². The van der Waals surface area contributed by atoms with Gasteiger partial charge in [0.05, 0.1) is 11.5 Å². The molecule has 1 aromatic carbocycles. The second-order valence-electron chi connectivity index (χ2n) is 5.16. The van der Waals surface area contributed by atoms with Crippen LogP contribution in [-0.2, 0) is 4.79 Å². The van der Waals surface area contributed by atoms with E-state index in [0.717, 1.165) is 36.7 Å². The number of benzene rings is 1. The summed E-state index contributed by atoms with van der Waals surface area (Å²) in [4.78, 5) is 18.9. The summed E-state index contributed by atoms with van der Waals surface area (Å²) >= 11 is 1.42. The van der Waals surface area contributed by atoms with E-state index in [9.17, 15) is 9.90 Å². The van der Waals surface area contributed by atoms with E-state index in [1.54, 1.807) is 24.3 Å². The van der Waals surface area contributed by atoms with Crippen LogP contribution in [0.3, 0.4) is 0 Å². The van der Waals surface area contributed by atoms with E-state index in [1.807, 2.05) is 6.92 Å².